The summed E-state index contributed by atoms with van der Waals surface area (Å²) in [5.74, 6) is -0.503. The number of carbonyl (C=O) groups is 1. The highest BCUT2D eigenvalue weighted by Crippen LogP contribution is 2.25. The molecule has 0 fully saturated rings. The van der Waals surface area contributed by atoms with Crippen LogP contribution in [0.1, 0.15) is 23.7 Å². The number of amides is 1. The molecule has 23 heavy (non-hydrogen) atoms. The van der Waals surface area contributed by atoms with Crippen LogP contribution in [0.2, 0.25) is 0 Å². The van der Waals surface area contributed by atoms with Crippen LogP contribution in [0, 0.1) is 0 Å². The van der Waals surface area contributed by atoms with E-state index >= 15 is 0 Å². The number of ether oxygens (including phenoxy) is 1. The van der Waals surface area contributed by atoms with Crippen molar-refractivity contribution in [2.24, 2.45) is 0 Å². The zero-order valence-corrected chi connectivity index (χ0v) is 12.4. The number of pyridine rings is 1. The van der Waals surface area contributed by atoms with E-state index in [0.29, 0.717) is 23.4 Å². The monoisotopic (exact) mass is 324 g/mol. The van der Waals surface area contributed by atoms with Crippen molar-refractivity contribution < 1.29 is 22.7 Å². The minimum absolute atomic E-state index is 0.208. The Labute approximate surface area is 131 Å². The first-order valence-electron chi connectivity index (χ1n) is 6.99. The quantitative estimate of drug-likeness (QED) is 0.910. The van der Waals surface area contributed by atoms with E-state index in [2.05, 4.69) is 15.0 Å². The van der Waals surface area contributed by atoms with Gasteiger partial charge in [0, 0.05) is 18.3 Å². The third-order valence-electron chi connectivity index (χ3n) is 2.94. The summed E-state index contributed by atoms with van der Waals surface area (Å²) < 4.78 is 40.1. The number of nitrogens with one attached hydrogen (secondary N) is 1. The summed E-state index contributed by atoms with van der Waals surface area (Å²) in [5, 5.41) is 2.74. The lowest BCUT2D eigenvalue weighted by Crippen LogP contribution is -2.23. The molecule has 1 aromatic carbocycles. The number of alkyl halides is 3. The largest absolute Gasteiger partial charge is 0.573 e. The zero-order valence-electron chi connectivity index (χ0n) is 12.4. The van der Waals surface area contributed by atoms with Crippen molar-refractivity contribution in [3.63, 3.8) is 0 Å². The minimum Gasteiger partial charge on any atom is -0.406 e. The summed E-state index contributed by atoms with van der Waals surface area (Å²) in [6, 6.07) is 8.63. The zero-order chi connectivity index (χ0) is 16.9. The second-order valence-electron chi connectivity index (χ2n) is 4.76. The van der Waals surface area contributed by atoms with E-state index in [1.165, 1.54) is 30.5 Å². The van der Waals surface area contributed by atoms with Crippen LogP contribution in [-0.4, -0.2) is 23.8 Å². The number of rotatable bonds is 5. The summed E-state index contributed by atoms with van der Waals surface area (Å²) in [6.07, 6.45) is -2.45. The SMILES string of the molecule is CCCNC(=O)c1ccc(-c2ccc(OC(F)(F)F)cc2)nc1. The van der Waals surface area contributed by atoms with Crippen LogP contribution >= 0.6 is 0 Å². The number of carbonyl (C=O) groups excluding carboxylic acids is 1. The van der Waals surface area contributed by atoms with Gasteiger partial charge in [0.05, 0.1) is 11.3 Å². The molecule has 1 amide bonds. The first-order valence-corrected chi connectivity index (χ1v) is 6.99. The molecule has 0 unspecified atom stereocenters. The normalized spacial score (nSPS) is 11.1. The highest BCUT2D eigenvalue weighted by molar-refractivity contribution is 5.94. The van der Waals surface area contributed by atoms with Crippen molar-refractivity contribution in [2.45, 2.75) is 19.7 Å². The fraction of sp³-hybridized carbons (Fsp3) is 0.250. The predicted octanol–water partition coefficient (Wildman–Crippen LogP) is 3.79. The molecule has 0 radical (unpaired) electrons. The molecular weight excluding hydrogens is 309 g/mol. The number of hydrogen-bond acceptors (Lipinski definition) is 3. The molecule has 1 aromatic heterocycles. The van der Waals surface area contributed by atoms with Crippen molar-refractivity contribution in [3.05, 3.63) is 48.2 Å². The molecule has 1 heterocycles. The Morgan fingerprint density at radius 3 is 2.39 bits per heavy atom. The average Bonchev–Trinajstić information content (AvgIpc) is 2.52. The lowest BCUT2D eigenvalue weighted by molar-refractivity contribution is -0.274. The molecule has 0 saturated heterocycles. The van der Waals surface area contributed by atoms with Gasteiger partial charge in [-0.3, -0.25) is 9.78 Å². The van der Waals surface area contributed by atoms with E-state index in [-0.39, 0.29) is 11.7 Å². The molecule has 0 aliphatic carbocycles. The third kappa shape index (κ3) is 4.98. The molecule has 4 nitrogen and oxygen atoms in total. The molecule has 122 valence electrons. The van der Waals surface area contributed by atoms with Gasteiger partial charge < -0.3 is 10.1 Å². The number of nitrogens with zero attached hydrogens (tertiary/aromatic N) is 1. The molecule has 2 rings (SSSR count). The fourth-order valence-corrected chi connectivity index (χ4v) is 1.87. The van der Waals surface area contributed by atoms with Gasteiger partial charge in [0.15, 0.2) is 0 Å². The molecule has 0 aliphatic rings. The summed E-state index contributed by atoms with van der Waals surface area (Å²) in [6.45, 7) is 2.54. The molecule has 0 bridgehead atoms. The molecule has 1 N–H and O–H groups in total. The second-order valence-corrected chi connectivity index (χ2v) is 4.76. The van der Waals surface area contributed by atoms with Gasteiger partial charge in [-0.15, -0.1) is 13.2 Å². The maximum absolute atomic E-state index is 12.1. The lowest BCUT2D eigenvalue weighted by Gasteiger charge is -2.09. The molecule has 0 atom stereocenters. The summed E-state index contributed by atoms with van der Waals surface area (Å²) in [4.78, 5) is 15.9. The highest BCUT2D eigenvalue weighted by atomic mass is 19.4. The van der Waals surface area contributed by atoms with E-state index in [9.17, 15) is 18.0 Å². The van der Waals surface area contributed by atoms with E-state index in [1.54, 1.807) is 12.1 Å². The predicted molar refractivity (Wildman–Crippen MR) is 79.0 cm³/mol. The highest BCUT2D eigenvalue weighted by Gasteiger charge is 2.30. The van der Waals surface area contributed by atoms with Crippen molar-refractivity contribution in [1.29, 1.82) is 0 Å². The Balaban J connectivity index is 2.09. The number of halogens is 3. The maximum Gasteiger partial charge on any atom is 0.573 e. The van der Waals surface area contributed by atoms with Crippen molar-refractivity contribution in [1.82, 2.24) is 10.3 Å². The van der Waals surface area contributed by atoms with E-state index < -0.39 is 6.36 Å². The summed E-state index contributed by atoms with van der Waals surface area (Å²) in [5.41, 5.74) is 1.61. The maximum atomic E-state index is 12.1. The third-order valence-corrected chi connectivity index (χ3v) is 2.94. The fourth-order valence-electron chi connectivity index (χ4n) is 1.87. The summed E-state index contributed by atoms with van der Waals surface area (Å²) in [7, 11) is 0. The molecule has 0 aliphatic heterocycles. The Morgan fingerprint density at radius 2 is 1.87 bits per heavy atom. The molecule has 2 aromatic rings. The number of aromatic nitrogens is 1. The van der Waals surface area contributed by atoms with Gasteiger partial charge >= 0.3 is 6.36 Å². The van der Waals surface area contributed by atoms with E-state index in [4.69, 9.17) is 0 Å². The van der Waals surface area contributed by atoms with Crippen LogP contribution in [0.15, 0.2) is 42.6 Å². The molecular formula is C16H15F3N2O2. The topological polar surface area (TPSA) is 51.2 Å². The van der Waals surface area contributed by atoms with Crippen LogP contribution in [-0.2, 0) is 0 Å². The van der Waals surface area contributed by atoms with Gasteiger partial charge in [0.2, 0.25) is 0 Å². The van der Waals surface area contributed by atoms with Crippen LogP contribution in [0.4, 0.5) is 13.2 Å². The molecule has 7 heteroatoms. The first-order chi connectivity index (χ1) is 10.9. The lowest BCUT2D eigenvalue weighted by atomic mass is 10.1. The van der Waals surface area contributed by atoms with Crippen molar-refractivity contribution in [2.75, 3.05) is 6.54 Å². The Morgan fingerprint density at radius 1 is 1.17 bits per heavy atom. The van der Waals surface area contributed by atoms with E-state index in [1.807, 2.05) is 6.92 Å². The minimum atomic E-state index is -4.72. The van der Waals surface area contributed by atoms with Gasteiger partial charge in [-0.05, 0) is 42.8 Å². The Hall–Kier alpha value is -2.57. The Bertz CT molecular complexity index is 653. The van der Waals surface area contributed by atoms with Gasteiger partial charge in [0.1, 0.15) is 5.75 Å². The van der Waals surface area contributed by atoms with Crippen LogP contribution in [0.5, 0.6) is 5.75 Å². The van der Waals surface area contributed by atoms with Crippen molar-refractivity contribution in [3.8, 4) is 17.0 Å². The summed E-state index contributed by atoms with van der Waals surface area (Å²) >= 11 is 0. The van der Waals surface area contributed by atoms with Gasteiger partial charge in [0.25, 0.3) is 5.91 Å². The molecule has 0 spiro atoms. The Kier molecular flexibility index (Phi) is 5.20. The molecule has 0 saturated carbocycles. The van der Waals surface area contributed by atoms with Gasteiger partial charge in [-0.25, -0.2) is 0 Å². The van der Waals surface area contributed by atoms with Crippen LogP contribution in [0.25, 0.3) is 11.3 Å². The van der Waals surface area contributed by atoms with Crippen molar-refractivity contribution >= 4 is 5.91 Å². The van der Waals surface area contributed by atoms with Crippen LogP contribution in [0.3, 0.4) is 0 Å². The van der Waals surface area contributed by atoms with Crippen LogP contribution < -0.4 is 10.1 Å². The average molecular weight is 324 g/mol. The number of hydrogen-bond donors (Lipinski definition) is 1. The first kappa shape index (κ1) is 16.8. The van der Waals surface area contributed by atoms with E-state index in [0.717, 1.165) is 6.42 Å². The smallest absolute Gasteiger partial charge is 0.406 e. The van der Waals surface area contributed by atoms with Gasteiger partial charge in [-0.1, -0.05) is 6.92 Å². The number of benzene rings is 1. The van der Waals surface area contributed by atoms with Gasteiger partial charge in [-0.2, -0.15) is 0 Å². The second kappa shape index (κ2) is 7.13. The standard InChI is InChI=1S/C16H15F3N2O2/c1-2-9-20-15(22)12-5-8-14(21-10-12)11-3-6-13(7-4-11)23-16(17,18)19/h3-8,10H,2,9H2,1H3,(H,20,22).